The predicted molar refractivity (Wildman–Crippen MR) is 123 cm³/mol. The number of guanidine groups is 1. The van der Waals surface area contributed by atoms with Gasteiger partial charge in [-0.25, -0.2) is 18.7 Å². The van der Waals surface area contributed by atoms with Crippen LogP contribution in [0.1, 0.15) is 12.6 Å². The summed E-state index contributed by atoms with van der Waals surface area (Å²) in [5.74, 6) is -3.61. The van der Waals surface area contributed by atoms with Gasteiger partial charge in [-0.3, -0.25) is 29.5 Å². The van der Waals surface area contributed by atoms with Gasteiger partial charge in [-0.15, -0.1) is 0 Å². The van der Waals surface area contributed by atoms with Crippen LogP contribution in [0.5, 0.6) is 0 Å². The number of alkyl halides is 3. The lowest BCUT2D eigenvalue weighted by Gasteiger charge is -2.16. The average molecular weight is 552 g/mol. The second-order valence-electron chi connectivity index (χ2n) is 7.13. The number of carboxylic acid groups (broad SMARTS) is 1. The molecular weight excluding hydrogens is 527 g/mol. The van der Waals surface area contributed by atoms with E-state index in [1.165, 1.54) is 30.5 Å². The number of sulfonamides is 1. The highest BCUT2D eigenvalue weighted by Gasteiger charge is 2.38. The first-order chi connectivity index (χ1) is 17.0. The van der Waals surface area contributed by atoms with Crippen LogP contribution in [0.15, 0.2) is 46.3 Å². The summed E-state index contributed by atoms with van der Waals surface area (Å²) in [4.78, 5) is 42.5. The summed E-state index contributed by atoms with van der Waals surface area (Å²) >= 11 is 0. The number of carbonyl (C=O) groups is 2. The number of anilines is 1. The van der Waals surface area contributed by atoms with E-state index in [2.05, 4.69) is 20.5 Å². The molecule has 18 heteroatoms. The Balaban J connectivity index is 0.000000856. The molecule has 1 amide bonds. The number of nitrogens with two attached hydrogens (primary N) is 1. The minimum atomic E-state index is -5.08. The van der Waals surface area contributed by atoms with Gasteiger partial charge in [0.05, 0.1) is 6.10 Å². The highest BCUT2D eigenvalue weighted by Crippen LogP contribution is 2.13. The maximum Gasteiger partial charge on any atom is 0.490 e. The molecule has 7 N–H and O–H groups in total. The van der Waals surface area contributed by atoms with Gasteiger partial charge in [0.15, 0.2) is 0 Å². The molecule has 0 fully saturated rings. The first-order valence-corrected chi connectivity index (χ1v) is 11.5. The first kappa shape index (κ1) is 30.8. The fourth-order valence-electron chi connectivity index (χ4n) is 2.32. The van der Waals surface area contributed by atoms with Gasteiger partial charge in [0, 0.05) is 24.6 Å². The van der Waals surface area contributed by atoms with E-state index in [4.69, 9.17) is 25.9 Å². The van der Waals surface area contributed by atoms with Crippen molar-refractivity contribution in [3.8, 4) is 0 Å². The predicted octanol–water partition coefficient (Wildman–Crippen LogP) is -0.0948. The highest BCUT2D eigenvalue weighted by molar-refractivity contribution is 7.92. The quantitative estimate of drug-likeness (QED) is 0.138. The molecule has 0 aliphatic heterocycles. The molecule has 0 bridgehead atoms. The lowest BCUT2D eigenvalue weighted by Crippen LogP contribution is -2.41. The Morgan fingerprint density at radius 1 is 1.30 bits per heavy atom. The maximum absolute atomic E-state index is 12.7. The Hall–Kier alpha value is -4.19. The minimum Gasteiger partial charge on any atom is -0.475 e. The Morgan fingerprint density at radius 3 is 2.43 bits per heavy atom. The van der Waals surface area contributed by atoms with E-state index < -0.39 is 39.7 Å². The zero-order valence-electron chi connectivity index (χ0n) is 19.4. The number of nitrogens with zero attached hydrogens (tertiary/aromatic N) is 2. The second kappa shape index (κ2) is 13.2. The van der Waals surface area contributed by atoms with Crippen molar-refractivity contribution in [2.45, 2.75) is 37.6 Å². The van der Waals surface area contributed by atoms with Crippen molar-refractivity contribution in [1.29, 1.82) is 5.41 Å². The molecule has 0 saturated heterocycles. The average Bonchev–Trinajstić information content (AvgIpc) is 2.81. The summed E-state index contributed by atoms with van der Waals surface area (Å²) in [5, 5.41) is 16.7. The van der Waals surface area contributed by atoms with E-state index in [-0.39, 0.29) is 29.6 Å². The van der Waals surface area contributed by atoms with E-state index >= 15 is 0 Å². The molecule has 37 heavy (non-hydrogen) atoms. The van der Waals surface area contributed by atoms with Crippen LogP contribution in [0.4, 0.5) is 18.9 Å². The Morgan fingerprint density at radius 2 is 1.92 bits per heavy atom. The van der Waals surface area contributed by atoms with Crippen molar-refractivity contribution in [2.75, 3.05) is 11.3 Å². The van der Waals surface area contributed by atoms with E-state index in [9.17, 15) is 31.2 Å². The zero-order valence-corrected chi connectivity index (χ0v) is 20.2. The number of carboxylic acids is 1. The van der Waals surface area contributed by atoms with Crippen LogP contribution in [-0.4, -0.2) is 59.7 Å². The number of aromatic nitrogens is 2. The summed E-state index contributed by atoms with van der Waals surface area (Å²) in [6.07, 6.45) is -2.99. The van der Waals surface area contributed by atoms with Crippen molar-refractivity contribution in [3.63, 3.8) is 0 Å². The molecule has 0 radical (unpaired) electrons. The van der Waals surface area contributed by atoms with Gasteiger partial charge in [-0.05, 0) is 38.1 Å². The number of hydrogen-bond donors (Lipinski definition) is 6. The van der Waals surface area contributed by atoms with Gasteiger partial charge in [0.25, 0.3) is 15.6 Å². The monoisotopic (exact) mass is 551 g/mol. The highest BCUT2D eigenvalue weighted by atomic mass is 32.2. The van der Waals surface area contributed by atoms with Crippen LogP contribution in [-0.2, 0) is 31.0 Å². The molecule has 2 heterocycles. The molecule has 1 unspecified atom stereocenters. The normalized spacial score (nSPS) is 11.9. The summed E-state index contributed by atoms with van der Waals surface area (Å²) in [6, 6.07) is 5.67. The number of hydrogen-bond acceptors (Lipinski definition) is 8. The molecule has 2 aromatic heterocycles. The van der Waals surface area contributed by atoms with Crippen molar-refractivity contribution < 1.29 is 41.1 Å². The zero-order chi connectivity index (χ0) is 28.4. The summed E-state index contributed by atoms with van der Waals surface area (Å²) in [6.45, 7) is 3.04. The topological polar surface area (TPSA) is 219 Å². The van der Waals surface area contributed by atoms with Gasteiger partial charge in [0.2, 0.25) is 11.9 Å². The molecule has 1 atom stereocenters. The molecule has 14 nitrogen and oxygen atoms in total. The van der Waals surface area contributed by atoms with Gasteiger partial charge in [-0.1, -0.05) is 0 Å². The number of nitrogens with one attached hydrogen (secondary N) is 4. The molecule has 0 spiro atoms. The summed E-state index contributed by atoms with van der Waals surface area (Å²) in [5.41, 5.74) is 6.87. The number of halogens is 3. The minimum absolute atomic E-state index is 0.0950. The molecule has 0 saturated carbocycles. The number of carbonyl (C=O) groups excluding carboxylic acids is 1. The third-order valence-corrected chi connectivity index (χ3v) is 5.43. The molecule has 204 valence electrons. The molecule has 0 aliphatic rings. The molecule has 2 rings (SSSR count). The fraction of sp³-hybridized carbons (Fsp3) is 0.316. The van der Waals surface area contributed by atoms with Gasteiger partial charge in [0.1, 0.15) is 17.1 Å². The Bertz CT molecular complexity index is 1270. The number of hydroxylamine groups is 1. The van der Waals surface area contributed by atoms with E-state index in [1.807, 2.05) is 0 Å². The second-order valence-corrected chi connectivity index (χ2v) is 8.81. The van der Waals surface area contributed by atoms with Gasteiger partial charge in [-0.2, -0.15) is 13.2 Å². The van der Waals surface area contributed by atoms with E-state index in [0.29, 0.717) is 5.69 Å². The number of aryl methyl sites for hydroxylation is 1. The molecule has 0 aliphatic carbocycles. The summed E-state index contributed by atoms with van der Waals surface area (Å²) in [7, 11) is -4.01. The van der Waals surface area contributed by atoms with Gasteiger partial charge >= 0.3 is 12.1 Å². The Labute approximate surface area is 208 Å². The van der Waals surface area contributed by atoms with Crippen LogP contribution >= 0.6 is 0 Å². The SMILES string of the molecule is Cc1ccc(NS(=O)(=O)c2cccnc2)c(=O)n1CC(=O)NCC(C)ONC(=N)N.O=C(O)C(F)(F)F. The smallest absolute Gasteiger partial charge is 0.475 e. The number of amides is 1. The van der Waals surface area contributed by atoms with Gasteiger partial charge < -0.3 is 20.7 Å². The van der Waals surface area contributed by atoms with Crippen LogP contribution in [0, 0.1) is 12.3 Å². The summed E-state index contributed by atoms with van der Waals surface area (Å²) < 4.78 is 60.0. The van der Waals surface area contributed by atoms with Crippen LogP contribution in [0.25, 0.3) is 0 Å². The lowest BCUT2D eigenvalue weighted by atomic mass is 10.3. The maximum atomic E-state index is 12.7. The molecule has 2 aromatic rings. The van der Waals surface area contributed by atoms with E-state index in [0.717, 1.165) is 10.8 Å². The number of rotatable bonds is 9. The van der Waals surface area contributed by atoms with Crippen LogP contribution < -0.4 is 26.8 Å². The first-order valence-electron chi connectivity index (χ1n) is 10.0. The molecular formula is C19H24F3N7O7S. The lowest BCUT2D eigenvalue weighted by molar-refractivity contribution is -0.192. The van der Waals surface area contributed by atoms with Crippen LogP contribution in [0.2, 0.25) is 0 Å². The third kappa shape index (κ3) is 10.5. The van der Waals surface area contributed by atoms with Crippen molar-refractivity contribution in [3.05, 3.63) is 52.7 Å². The largest absolute Gasteiger partial charge is 0.490 e. The standard InChI is InChI=1S/C17H23N7O5S.C2HF3O2/c1-11-5-6-14(23-30(27,28)13-4-3-7-20-9-13)16(26)24(11)10-15(25)21-8-12(2)29-22-17(18)19;3-2(4,5)1(6)7/h3-7,9,12,23H,8,10H2,1-2H3,(H,21,25)(H4,18,19,22);(H,6,7). The van der Waals surface area contributed by atoms with Crippen LogP contribution in [0.3, 0.4) is 0 Å². The Kier molecular flexibility index (Phi) is 11.0. The number of pyridine rings is 2. The van der Waals surface area contributed by atoms with Crippen molar-refractivity contribution in [1.82, 2.24) is 20.3 Å². The third-order valence-electron chi connectivity index (χ3n) is 4.08. The van der Waals surface area contributed by atoms with E-state index in [1.54, 1.807) is 13.8 Å². The molecule has 0 aromatic carbocycles. The van der Waals surface area contributed by atoms with Crippen molar-refractivity contribution in [2.24, 2.45) is 5.73 Å². The number of aliphatic carboxylic acids is 1. The van der Waals surface area contributed by atoms with Crippen molar-refractivity contribution >= 4 is 33.5 Å². The fourth-order valence-corrected chi connectivity index (χ4v) is 3.34.